The summed E-state index contributed by atoms with van der Waals surface area (Å²) < 4.78 is 28.2. The van der Waals surface area contributed by atoms with E-state index in [-0.39, 0.29) is 4.90 Å². The van der Waals surface area contributed by atoms with Crippen LogP contribution in [0.2, 0.25) is 0 Å². The number of nitrogens with one attached hydrogen (secondary N) is 1. The summed E-state index contributed by atoms with van der Waals surface area (Å²) in [6, 6.07) is 7.16. The Bertz CT molecular complexity index is 758. The van der Waals surface area contributed by atoms with Crippen molar-refractivity contribution in [1.29, 1.82) is 0 Å². The van der Waals surface area contributed by atoms with E-state index in [1.54, 1.807) is 32.2 Å². The molecule has 0 bridgehead atoms. The number of benzene rings is 1. The van der Waals surface area contributed by atoms with Crippen molar-refractivity contribution in [2.45, 2.75) is 25.7 Å². The van der Waals surface area contributed by atoms with Gasteiger partial charge in [0.05, 0.1) is 4.90 Å². The van der Waals surface area contributed by atoms with Crippen LogP contribution in [0.5, 0.6) is 0 Å². The van der Waals surface area contributed by atoms with Gasteiger partial charge in [0.25, 0.3) is 10.0 Å². The van der Waals surface area contributed by atoms with Crippen molar-refractivity contribution in [1.82, 2.24) is 4.98 Å². The average Bonchev–Trinajstić information content (AvgIpc) is 2.35. The van der Waals surface area contributed by atoms with Gasteiger partial charge >= 0.3 is 0 Å². The molecule has 0 aliphatic carbocycles. The number of hydrogen-bond donors (Lipinski definition) is 1. The zero-order valence-corrected chi connectivity index (χ0v) is 13.8. The largest absolute Gasteiger partial charge is 0.263 e. The maximum absolute atomic E-state index is 12.4. The minimum Gasteiger partial charge on any atom is -0.263 e. The van der Waals surface area contributed by atoms with Crippen molar-refractivity contribution in [3.8, 4) is 0 Å². The summed E-state index contributed by atoms with van der Waals surface area (Å²) in [5, 5.41) is 0. The summed E-state index contributed by atoms with van der Waals surface area (Å²) in [6.45, 7) is 5.44. The van der Waals surface area contributed by atoms with E-state index >= 15 is 0 Å². The van der Waals surface area contributed by atoms with Crippen molar-refractivity contribution in [2.75, 3.05) is 4.72 Å². The second kappa shape index (κ2) is 5.54. The molecule has 6 heteroatoms. The van der Waals surface area contributed by atoms with E-state index in [4.69, 9.17) is 0 Å². The SMILES string of the molecule is Cc1ccc(C)c(S(=O)(=O)Nc2ncc(Br)cc2C)c1. The Hall–Kier alpha value is -1.40. The van der Waals surface area contributed by atoms with Crippen LogP contribution in [0, 0.1) is 20.8 Å². The van der Waals surface area contributed by atoms with Crippen LogP contribution in [0.4, 0.5) is 5.82 Å². The predicted molar refractivity (Wildman–Crippen MR) is 83.4 cm³/mol. The maximum Gasteiger partial charge on any atom is 0.263 e. The van der Waals surface area contributed by atoms with Crippen LogP contribution >= 0.6 is 15.9 Å². The third-order valence-electron chi connectivity index (χ3n) is 2.91. The smallest absolute Gasteiger partial charge is 0.263 e. The predicted octanol–water partition coefficient (Wildman–Crippen LogP) is 3.57. The molecule has 106 valence electrons. The molecule has 0 radical (unpaired) electrons. The first-order chi connectivity index (χ1) is 9.29. The lowest BCUT2D eigenvalue weighted by Crippen LogP contribution is -2.16. The average molecular weight is 355 g/mol. The molecule has 0 unspecified atom stereocenters. The number of aromatic nitrogens is 1. The molecule has 0 aliphatic rings. The van der Waals surface area contributed by atoms with Gasteiger partial charge in [0.1, 0.15) is 5.82 Å². The fourth-order valence-corrected chi connectivity index (χ4v) is 3.68. The van der Waals surface area contributed by atoms with E-state index in [1.165, 1.54) is 0 Å². The maximum atomic E-state index is 12.4. The van der Waals surface area contributed by atoms with E-state index in [0.717, 1.165) is 15.6 Å². The first-order valence-electron chi connectivity index (χ1n) is 6.02. The van der Waals surface area contributed by atoms with Gasteiger partial charge in [0.15, 0.2) is 0 Å². The summed E-state index contributed by atoms with van der Waals surface area (Å²) in [5.74, 6) is 0.342. The number of halogens is 1. The lowest BCUT2D eigenvalue weighted by atomic mass is 10.2. The molecule has 0 amide bonds. The normalized spacial score (nSPS) is 11.4. The highest BCUT2D eigenvalue weighted by Gasteiger charge is 2.18. The minimum atomic E-state index is -3.63. The highest BCUT2D eigenvalue weighted by molar-refractivity contribution is 9.10. The number of rotatable bonds is 3. The lowest BCUT2D eigenvalue weighted by molar-refractivity contribution is 0.600. The number of pyridine rings is 1. The number of anilines is 1. The van der Waals surface area contributed by atoms with Gasteiger partial charge in [-0.15, -0.1) is 0 Å². The standard InChI is InChI=1S/C14H15BrN2O2S/c1-9-4-5-10(2)13(6-9)20(18,19)17-14-11(3)7-12(15)8-16-14/h4-8H,1-3H3,(H,16,17). The Balaban J connectivity index is 2.43. The number of nitrogens with zero attached hydrogens (tertiary/aromatic N) is 1. The topological polar surface area (TPSA) is 59.1 Å². The summed E-state index contributed by atoms with van der Waals surface area (Å²) in [4.78, 5) is 4.38. The van der Waals surface area contributed by atoms with Gasteiger partial charge in [-0.2, -0.15) is 0 Å². The van der Waals surface area contributed by atoms with Gasteiger partial charge in [0, 0.05) is 10.7 Å². The first-order valence-corrected chi connectivity index (χ1v) is 8.29. The van der Waals surface area contributed by atoms with Crippen LogP contribution < -0.4 is 4.72 Å². The van der Waals surface area contributed by atoms with Crippen molar-refractivity contribution in [3.63, 3.8) is 0 Å². The van der Waals surface area contributed by atoms with Crippen LogP contribution in [-0.4, -0.2) is 13.4 Å². The Morgan fingerprint density at radius 1 is 1.10 bits per heavy atom. The molecule has 0 saturated carbocycles. The molecule has 0 atom stereocenters. The van der Waals surface area contributed by atoms with Gasteiger partial charge in [-0.1, -0.05) is 12.1 Å². The zero-order valence-electron chi connectivity index (χ0n) is 11.4. The summed E-state index contributed by atoms with van der Waals surface area (Å²) in [7, 11) is -3.63. The number of aryl methyl sites for hydroxylation is 3. The monoisotopic (exact) mass is 354 g/mol. The zero-order chi connectivity index (χ0) is 14.9. The highest BCUT2D eigenvalue weighted by Crippen LogP contribution is 2.22. The third-order valence-corrected chi connectivity index (χ3v) is 4.82. The molecule has 20 heavy (non-hydrogen) atoms. The van der Waals surface area contributed by atoms with Crippen LogP contribution in [0.3, 0.4) is 0 Å². The Morgan fingerprint density at radius 3 is 2.45 bits per heavy atom. The summed E-state index contributed by atoms with van der Waals surface area (Å²) in [6.07, 6.45) is 1.56. The van der Waals surface area contributed by atoms with Gasteiger partial charge in [-0.3, -0.25) is 4.72 Å². The summed E-state index contributed by atoms with van der Waals surface area (Å²) in [5.41, 5.74) is 2.36. The Morgan fingerprint density at radius 2 is 1.80 bits per heavy atom. The quantitative estimate of drug-likeness (QED) is 0.916. The second-order valence-electron chi connectivity index (χ2n) is 4.69. The number of hydrogen-bond acceptors (Lipinski definition) is 3. The van der Waals surface area contributed by atoms with Gasteiger partial charge < -0.3 is 0 Å². The third kappa shape index (κ3) is 3.19. The minimum absolute atomic E-state index is 0.279. The molecule has 0 saturated heterocycles. The Kier molecular flexibility index (Phi) is 4.15. The molecule has 4 nitrogen and oxygen atoms in total. The summed E-state index contributed by atoms with van der Waals surface area (Å²) >= 11 is 3.30. The molecule has 1 aromatic heterocycles. The molecule has 0 aliphatic heterocycles. The lowest BCUT2D eigenvalue weighted by Gasteiger charge is -2.12. The van der Waals surface area contributed by atoms with Crippen molar-refractivity contribution >= 4 is 31.8 Å². The molecular weight excluding hydrogens is 340 g/mol. The van der Waals surface area contributed by atoms with Crippen LogP contribution in [0.1, 0.15) is 16.7 Å². The van der Waals surface area contributed by atoms with E-state index in [2.05, 4.69) is 25.6 Å². The van der Waals surface area contributed by atoms with E-state index in [0.29, 0.717) is 11.4 Å². The van der Waals surface area contributed by atoms with Gasteiger partial charge in [0.2, 0.25) is 0 Å². The van der Waals surface area contributed by atoms with Gasteiger partial charge in [-0.25, -0.2) is 13.4 Å². The van der Waals surface area contributed by atoms with Crippen LogP contribution in [0.15, 0.2) is 39.8 Å². The molecule has 2 rings (SSSR count). The van der Waals surface area contributed by atoms with Gasteiger partial charge in [-0.05, 0) is 65.5 Å². The van der Waals surface area contributed by atoms with Crippen molar-refractivity contribution < 1.29 is 8.42 Å². The number of sulfonamides is 1. The molecule has 1 N–H and O–H groups in total. The van der Waals surface area contributed by atoms with Crippen LogP contribution in [-0.2, 0) is 10.0 Å². The second-order valence-corrected chi connectivity index (χ2v) is 7.26. The molecule has 0 spiro atoms. The van der Waals surface area contributed by atoms with E-state index < -0.39 is 10.0 Å². The molecule has 0 fully saturated rings. The van der Waals surface area contributed by atoms with Crippen molar-refractivity contribution in [3.05, 3.63) is 51.6 Å². The van der Waals surface area contributed by atoms with E-state index in [9.17, 15) is 8.42 Å². The Labute approximate surface area is 127 Å². The van der Waals surface area contributed by atoms with E-state index in [1.807, 2.05) is 19.1 Å². The van der Waals surface area contributed by atoms with Crippen LogP contribution in [0.25, 0.3) is 0 Å². The molecule has 2 aromatic rings. The highest BCUT2D eigenvalue weighted by atomic mass is 79.9. The fourth-order valence-electron chi connectivity index (χ4n) is 1.83. The fraction of sp³-hybridized carbons (Fsp3) is 0.214. The molecular formula is C14H15BrN2O2S. The van der Waals surface area contributed by atoms with Crippen molar-refractivity contribution in [2.24, 2.45) is 0 Å². The first kappa shape index (κ1) is 15.0. The molecule has 1 heterocycles. The molecule has 1 aromatic carbocycles.